The van der Waals surface area contributed by atoms with Gasteiger partial charge in [0.1, 0.15) is 5.82 Å². The summed E-state index contributed by atoms with van der Waals surface area (Å²) in [6.07, 6.45) is -1.14. The summed E-state index contributed by atoms with van der Waals surface area (Å²) in [6, 6.07) is 11.8. The molecule has 0 aliphatic carbocycles. The number of aryl methyl sites for hydroxylation is 1. The molecule has 1 unspecified atom stereocenters. The van der Waals surface area contributed by atoms with Crippen LogP contribution in [0.3, 0.4) is 0 Å². The lowest BCUT2D eigenvalue weighted by atomic mass is 10.2. The molecule has 0 aromatic heterocycles. The van der Waals surface area contributed by atoms with Crippen molar-refractivity contribution in [3.8, 4) is 0 Å². The Kier molecular flexibility index (Phi) is 6.63. The number of anilines is 1. The second kappa shape index (κ2) is 9.36. The van der Waals surface area contributed by atoms with Crippen LogP contribution in [0.1, 0.15) is 15.9 Å². The first-order valence-electron chi connectivity index (χ1n) is 9.59. The lowest BCUT2D eigenvalue weighted by molar-refractivity contribution is -0.127. The van der Waals surface area contributed by atoms with Gasteiger partial charge in [0.15, 0.2) is 6.17 Å². The standard InChI is InChI=1S/C21H24FN5O3/c1-14-2-8-17(9-3-14)25-21(30)27-13-12-26(19(27)18(28)24-11-10-23)20(29)15-4-6-16(22)7-5-15/h2-9,19H,10-13,23H2,1H3,(H,24,28)(H,25,30). The van der Waals surface area contributed by atoms with E-state index in [1.807, 2.05) is 19.1 Å². The van der Waals surface area contributed by atoms with Gasteiger partial charge in [-0.15, -0.1) is 0 Å². The number of hydrogen-bond donors (Lipinski definition) is 3. The molecule has 3 rings (SSSR count). The Bertz CT molecular complexity index is 917. The predicted molar refractivity (Wildman–Crippen MR) is 110 cm³/mol. The molecule has 30 heavy (non-hydrogen) atoms. The minimum absolute atomic E-state index is 0.165. The molecule has 1 fully saturated rings. The Morgan fingerprint density at radius 1 is 1.03 bits per heavy atom. The Morgan fingerprint density at radius 2 is 1.67 bits per heavy atom. The summed E-state index contributed by atoms with van der Waals surface area (Å²) in [5.41, 5.74) is 7.32. The molecule has 2 aromatic rings. The highest BCUT2D eigenvalue weighted by Gasteiger charge is 2.42. The number of hydrogen-bond acceptors (Lipinski definition) is 4. The van der Waals surface area contributed by atoms with Gasteiger partial charge in [-0.1, -0.05) is 17.7 Å². The van der Waals surface area contributed by atoms with Gasteiger partial charge in [-0.3, -0.25) is 14.5 Å². The number of nitrogens with one attached hydrogen (secondary N) is 2. The van der Waals surface area contributed by atoms with Crippen molar-refractivity contribution in [2.24, 2.45) is 5.73 Å². The fourth-order valence-electron chi connectivity index (χ4n) is 3.21. The quantitative estimate of drug-likeness (QED) is 0.691. The van der Waals surface area contributed by atoms with E-state index in [4.69, 9.17) is 5.73 Å². The predicted octanol–water partition coefficient (Wildman–Crippen LogP) is 1.53. The fraction of sp³-hybridized carbons (Fsp3) is 0.286. The largest absolute Gasteiger partial charge is 0.351 e. The third-order valence-corrected chi connectivity index (χ3v) is 4.77. The molecule has 0 saturated carbocycles. The monoisotopic (exact) mass is 413 g/mol. The number of urea groups is 1. The summed E-state index contributed by atoms with van der Waals surface area (Å²) in [5.74, 6) is -1.44. The first kappa shape index (κ1) is 21.3. The van der Waals surface area contributed by atoms with Crippen molar-refractivity contribution in [2.45, 2.75) is 13.1 Å². The second-order valence-electron chi connectivity index (χ2n) is 6.95. The van der Waals surface area contributed by atoms with Crippen molar-refractivity contribution < 1.29 is 18.8 Å². The molecular formula is C21H24FN5O3. The molecule has 1 saturated heterocycles. The van der Waals surface area contributed by atoms with Crippen LogP contribution in [0.2, 0.25) is 0 Å². The van der Waals surface area contributed by atoms with E-state index in [-0.39, 0.29) is 31.7 Å². The Morgan fingerprint density at radius 3 is 2.30 bits per heavy atom. The van der Waals surface area contributed by atoms with Gasteiger partial charge >= 0.3 is 6.03 Å². The average Bonchev–Trinajstić information content (AvgIpc) is 3.19. The first-order chi connectivity index (χ1) is 14.4. The second-order valence-corrected chi connectivity index (χ2v) is 6.95. The SMILES string of the molecule is Cc1ccc(NC(=O)N2CCN(C(=O)c3ccc(F)cc3)C2C(=O)NCCN)cc1. The zero-order chi connectivity index (χ0) is 21.7. The van der Waals surface area contributed by atoms with Crippen LogP contribution >= 0.6 is 0 Å². The molecule has 1 aliphatic rings. The summed E-state index contributed by atoms with van der Waals surface area (Å²) in [5, 5.41) is 5.39. The highest BCUT2D eigenvalue weighted by molar-refractivity contribution is 6.00. The van der Waals surface area contributed by atoms with Crippen LogP contribution < -0.4 is 16.4 Å². The molecule has 4 N–H and O–H groups in total. The lowest BCUT2D eigenvalue weighted by Crippen LogP contribution is -2.55. The molecule has 1 aliphatic heterocycles. The van der Waals surface area contributed by atoms with Gasteiger partial charge in [0, 0.05) is 37.4 Å². The fourth-order valence-corrected chi connectivity index (χ4v) is 3.21. The van der Waals surface area contributed by atoms with E-state index in [2.05, 4.69) is 10.6 Å². The van der Waals surface area contributed by atoms with Crippen LogP contribution in [0.15, 0.2) is 48.5 Å². The van der Waals surface area contributed by atoms with Gasteiger partial charge in [-0.2, -0.15) is 0 Å². The van der Waals surface area contributed by atoms with Crippen LogP contribution in [-0.2, 0) is 4.79 Å². The van der Waals surface area contributed by atoms with Gasteiger partial charge < -0.3 is 21.3 Å². The number of amides is 4. The van der Waals surface area contributed by atoms with E-state index in [9.17, 15) is 18.8 Å². The Labute approximate surface area is 173 Å². The molecule has 8 nitrogen and oxygen atoms in total. The maximum Gasteiger partial charge on any atom is 0.323 e. The number of carbonyl (C=O) groups excluding carboxylic acids is 3. The van der Waals surface area contributed by atoms with Gasteiger partial charge in [0.2, 0.25) is 0 Å². The summed E-state index contributed by atoms with van der Waals surface area (Å²) in [6.45, 7) is 2.70. The zero-order valence-corrected chi connectivity index (χ0v) is 16.6. The van der Waals surface area contributed by atoms with Gasteiger partial charge in [-0.05, 0) is 43.3 Å². The van der Waals surface area contributed by atoms with Crippen molar-refractivity contribution >= 4 is 23.5 Å². The summed E-state index contributed by atoms with van der Waals surface area (Å²) in [7, 11) is 0. The van der Waals surface area contributed by atoms with E-state index in [1.165, 1.54) is 34.1 Å². The van der Waals surface area contributed by atoms with Crippen LogP contribution in [0.25, 0.3) is 0 Å². The van der Waals surface area contributed by atoms with Crippen molar-refractivity contribution in [2.75, 3.05) is 31.5 Å². The minimum atomic E-state index is -1.14. The van der Waals surface area contributed by atoms with E-state index < -0.39 is 29.8 Å². The van der Waals surface area contributed by atoms with Gasteiger partial charge in [-0.25, -0.2) is 9.18 Å². The van der Waals surface area contributed by atoms with Crippen molar-refractivity contribution in [1.29, 1.82) is 0 Å². The van der Waals surface area contributed by atoms with E-state index in [0.717, 1.165) is 5.56 Å². The molecule has 0 bridgehead atoms. The van der Waals surface area contributed by atoms with E-state index in [0.29, 0.717) is 5.69 Å². The molecule has 0 radical (unpaired) electrons. The molecule has 0 spiro atoms. The zero-order valence-electron chi connectivity index (χ0n) is 16.6. The molecule has 9 heteroatoms. The molecule has 1 atom stereocenters. The van der Waals surface area contributed by atoms with Crippen molar-refractivity contribution in [1.82, 2.24) is 15.1 Å². The molecule has 158 valence electrons. The highest BCUT2D eigenvalue weighted by atomic mass is 19.1. The Balaban J connectivity index is 1.82. The smallest absolute Gasteiger partial charge is 0.323 e. The topological polar surface area (TPSA) is 108 Å². The minimum Gasteiger partial charge on any atom is -0.351 e. The number of halogens is 1. The van der Waals surface area contributed by atoms with Crippen LogP contribution in [0.5, 0.6) is 0 Å². The molecular weight excluding hydrogens is 389 g/mol. The summed E-state index contributed by atoms with van der Waals surface area (Å²) >= 11 is 0. The lowest BCUT2D eigenvalue weighted by Gasteiger charge is -2.29. The number of nitrogens with zero attached hydrogens (tertiary/aromatic N) is 2. The van der Waals surface area contributed by atoms with Crippen LogP contribution in [0.4, 0.5) is 14.9 Å². The van der Waals surface area contributed by atoms with Gasteiger partial charge in [0.25, 0.3) is 11.8 Å². The van der Waals surface area contributed by atoms with Gasteiger partial charge in [0.05, 0.1) is 0 Å². The first-order valence-corrected chi connectivity index (χ1v) is 9.59. The van der Waals surface area contributed by atoms with Crippen molar-refractivity contribution in [3.05, 3.63) is 65.5 Å². The van der Waals surface area contributed by atoms with E-state index >= 15 is 0 Å². The number of benzene rings is 2. The number of nitrogens with two attached hydrogens (primary N) is 1. The summed E-state index contributed by atoms with van der Waals surface area (Å²) < 4.78 is 13.2. The summed E-state index contributed by atoms with van der Waals surface area (Å²) in [4.78, 5) is 41.2. The van der Waals surface area contributed by atoms with Crippen LogP contribution in [-0.4, -0.2) is 60.0 Å². The van der Waals surface area contributed by atoms with E-state index in [1.54, 1.807) is 12.1 Å². The third kappa shape index (κ3) is 4.74. The average molecular weight is 413 g/mol. The number of rotatable bonds is 5. The molecule has 2 aromatic carbocycles. The highest BCUT2D eigenvalue weighted by Crippen LogP contribution is 2.20. The van der Waals surface area contributed by atoms with Crippen molar-refractivity contribution in [3.63, 3.8) is 0 Å². The normalized spacial score (nSPS) is 15.8. The molecule has 1 heterocycles. The number of carbonyl (C=O) groups is 3. The maximum atomic E-state index is 13.2. The third-order valence-electron chi connectivity index (χ3n) is 4.77. The molecule has 4 amide bonds. The maximum absolute atomic E-state index is 13.2. The Hall–Kier alpha value is -3.46. The van der Waals surface area contributed by atoms with Crippen LogP contribution in [0, 0.1) is 12.7 Å².